The van der Waals surface area contributed by atoms with Gasteiger partial charge in [-0.15, -0.1) is 0 Å². The molecular formula is C18H19N3O3S. The number of amides is 1. The van der Waals surface area contributed by atoms with Crippen molar-refractivity contribution in [3.8, 4) is 0 Å². The fourth-order valence-corrected chi connectivity index (χ4v) is 4.86. The van der Waals surface area contributed by atoms with E-state index in [0.29, 0.717) is 29.9 Å². The van der Waals surface area contributed by atoms with Gasteiger partial charge in [0.15, 0.2) is 0 Å². The quantitative estimate of drug-likeness (QED) is 0.829. The zero-order valence-electron chi connectivity index (χ0n) is 13.7. The standard InChI is InChI=1S/C18H19N3O3S/c22-18-16(11-13-5-4-8-19-13)15-12-14(6-7-17(15)20-18)25(23,24)21-9-2-1-3-10-21/h4-8,11-12,19H,1-3,9-10H2,(H,20,22)/b16-11+. The summed E-state index contributed by atoms with van der Waals surface area (Å²) in [5.74, 6) is -0.225. The number of nitrogens with one attached hydrogen (secondary N) is 2. The number of rotatable bonds is 3. The van der Waals surface area contributed by atoms with Crippen LogP contribution in [-0.2, 0) is 14.8 Å². The number of hydrogen-bond donors (Lipinski definition) is 2. The number of anilines is 1. The summed E-state index contributed by atoms with van der Waals surface area (Å²) in [5, 5.41) is 2.79. The number of carbonyl (C=O) groups is 1. The van der Waals surface area contributed by atoms with Crippen molar-refractivity contribution >= 4 is 33.3 Å². The summed E-state index contributed by atoms with van der Waals surface area (Å²) < 4.78 is 27.3. The van der Waals surface area contributed by atoms with Crippen LogP contribution in [0.4, 0.5) is 5.69 Å². The third kappa shape index (κ3) is 2.89. The van der Waals surface area contributed by atoms with E-state index in [1.165, 1.54) is 4.31 Å². The van der Waals surface area contributed by atoms with Gasteiger partial charge in [0.2, 0.25) is 10.0 Å². The molecular weight excluding hydrogens is 338 g/mol. The second-order valence-corrected chi connectivity index (χ2v) is 8.25. The largest absolute Gasteiger partial charge is 0.362 e. The van der Waals surface area contributed by atoms with Gasteiger partial charge in [-0.25, -0.2) is 8.42 Å². The number of fused-ring (bicyclic) bond motifs is 1. The average Bonchev–Trinajstić information content (AvgIpc) is 3.24. The molecule has 0 bridgehead atoms. The summed E-state index contributed by atoms with van der Waals surface area (Å²) in [7, 11) is -3.53. The molecule has 130 valence electrons. The molecule has 0 unspecified atom stereocenters. The summed E-state index contributed by atoms with van der Waals surface area (Å²) in [4.78, 5) is 15.5. The molecule has 0 aliphatic carbocycles. The van der Waals surface area contributed by atoms with Crippen molar-refractivity contribution in [3.05, 3.63) is 47.8 Å². The van der Waals surface area contributed by atoms with Crippen molar-refractivity contribution in [2.75, 3.05) is 18.4 Å². The van der Waals surface area contributed by atoms with Crippen molar-refractivity contribution in [2.24, 2.45) is 0 Å². The molecule has 1 amide bonds. The third-order valence-electron chi connectivity index (χ3n) is 4.65. The molecule has 2 N–H and O–H groups in total. The van der Waals surface area contributed by atoms with Crippen LogP contribution in [0, 0.1) is 0 Å². The van der Waals surface area contributed by atoms with Crippen LogP contribution >= 0.6 is 0 Å². The maximum Gasteiger partial charge on any atom is 0.256 e. The van der Waals surface area contributed by atoms with Gasteiger partial charge in [-0.2, -0.15) is 4.31 Å². The number of piperidine rings is 1. The van der Waals surface area contributed by atoms with E-state index in [0.717, 1.165) is 25.0 Å². The summed E-state index contributed by atoms with van der Waals surface area (Å²) in [6.45, 7) is 1.11. The Morgan fingerprint density at radius 3 is 2.60 bits per heavy atom. The molecule has 3 heterocycles. The number of nitrogens with zero attached hydrogens (tertiary/aromatic N) is 1. The molecule has 1 aromatic heterocycles. The predicted molar refractivity (Wildman–Crippen MR) is 96.3 cm³/mol. The number of aromatic nitrogens is 1. The lowest BCUT2D eigenvalue weighted by Crippen LogP contribution is -2.35. The van der Waals surface area contributed by atoms with Crippen LogP contribution in [0.15, 0.2) is 41.4 Å². The van der Waals surface area contributed by atoms with E-state index in [4.69, 9.17) is 0 Å². The lowest BCUT2D eigenvalue weighted by Gasteiger charge is -2.26. The number of aromatic amines is 1. The van der Waals surface area contributed by atoms with Crippen molar-refractivity contribution in [2.45, 2.75) is 24.2 Å². The highest BCUT2D eigenvalue weighted by Crippen LogP contribution is 2.35. The van der Waals surface area contributed by atoms with Gasteiger partial charge < -0.3 is 10.3 Å². The van der Waals surface area contributed by atoms with E-state index >= 15 is 0 Å². The molecule has 2 aliphatic rings. The predicted octanol–water partition coefficient (Wildman–Crippen LogP) is 2.68. The monoisotopic (exact) mass is 357 g/mol. The van der Waals surface area contributed by atoms with E-state index < -0.39 is 10.0 Å². The van der Waals surface area contributed by atoms with Crippen LogP contribution in [0.3, 0.4) is 0 Å². The Bertz CT molecular complexity index is 940. The number of H-pyrrole nitrogens is 1. The van der Waals surface area contributed by atoms with E-state index in [1.54, 1.807) is 30.5 Å². The van der Waals surface area contributed by atoms with Crippen LogP contribution in [0.2, 0.25) is 0 Å². The van der Waals surface area contributed by atoms with Crippen LogP contribution in [0.25, 0.3) is 11.6 Å². The lowest BCUT2D eigenvalue weighted by molar-refractivity contribution is -0.110. The minimum Gasteiger partial charge on any atom is -0.362 e. The number of carbonyl (C=O) groups excluding carboxylic acids is 1. The Labute approximate surface area is 146 Å². The zero-order valence-corrected chi connectivity index (χ0v) is 14.5. The molecule has 0 radical (unpaired) electrons. The van der Waals surface area contributed by atoms with Crippen LogP contribution in [0.1, 0.15) is 30.5 Å². The van der Waals surface area contributed by atoms with Crippen molar-refractivity contribution < 1.29 is 13.2 Å². The maximum atomic E-state index is 12.9. The molecule has 1 saturated heterocycles. The Morgan fingerprint density at radius 1 is 1.08 bits per heavy atom. The first-order chi connectivity index (χ1) is 12.1. The molecule has 1 aromatic carbocycles. The Hall–Kier alpha value is -2.38. The summed E-state index contributed by atoms with van der Waals surface area (Å²) in [6, 6.07) is 8.54. The molecule has 2 aromatic rings. The molecule has 0 saturated carbocycles. The molecule has 6 nitrogen and oxygen atoms in total. The average molecular weight is 357 g/mol. The van der Waals surface area contributed by atoms with Crippen molar-refractivity contribution in [3.63, 3.8) is 0 Å². The second-order valence-electron chi connectivity index (χ2n) is 6.31. The van der Waals surface area contributed by atoms with Gasteiger partial charge in [0.25, 0.3) is 5.91 Å². The highest BCUT2D eigenvalue weighted by atomic mass is 32.2. The summed E-state index contributed by atoms with van der Waals surface area (Å²) >= 11 is 0. The Morgan fingerprint density at radius 2 is 1.88 bits per heavy atom. The molecule has 4 rings (SSSR count). The highest BCUT2D eigenvalue weighted by Gasteiger charge is 2.30. The van der Waals surface area contributed by atoms with Crippen LogP contribution in [0.5, 0.6) is 0 Å². The number of benzene rings is 1. The van der Waals surface area contributed by atoms with E-state index in [1.807, 2.05) is 12.1 Å². The molecule has 0 atom stereocenters. The van der Waals surface area contributed by atoms with Gasteiger partial charge in [-0.05, 0) is 49.2 Å². The molecule has 25 heavy (non-hydrogen) atoms. The SMILES string of the molecule is O=C1Nc2ccc(S(=O)(=O)N3CCCCC3)cc2/C1=C\c1ccc[nH]1. The molecule has 1 fully saturated rings. The van der Waals surface area contributed by atoms with Crippen molar-refractivity contribution in [1.29, 1.82) is 0 Å². The topological polar surface area (TPSA) is 82.3 Å². The van der Waals surface area contributed by atoms with Crippen LogP contribution < -0.4 is 5.32 Å². The normalized spacial score (nSPS) is 19.8. The minimum absolute atomic E-state index is 0.225. The number of hydrogen-bond acceptors (Lipinski definition) is 3. The molecule has 7 heteroatoms. The van der Waals surface area contributed by atoms with Gasteiger partial charge in [-0.1, -0.05) is 6.42 Å². The fourth-order valence-electron chi connectivity index (χ4n) is 3.31. The van der Waals surface area contributed by atoms with Gasteiger partial charge in [0.1, 0.15) is 0 Å². The molecule has 2 aliphatic heterocycles. The summed E-state index contributed by atoms with van der Waals surface area (Å²) in [5.41, 5.74) is 2.52. The van der Waals surface area contributed by atoms with E-state index in [2.05, 4.69) is 10.3 Å². The maximum absolute atomic E-state index is 12.9. The second kappa shape index (κ2) is 6.16. The first kappa shape index (κ1) is 16.1. The smallest absolute Gasteiger partial charge is 0.256 e. The first-order valence-corrected chi connectivity index (χ1v) is 9.81. The van der Waals surface area contributed by atoms with E-state index in [9.17, 15) is 13.2 Å². The Kier molecular flexibility index (Phi) is 3.97. The Balaban J connectivity index is 1.75. The lowest BCUT2D eigenvalue weighted by atomic mass is 10.1. The van der Waals surface area contributed by atoms with E-state index in [-0.39, 0.29) is 10.8 Å². The first-order valence-electron chi connectivity index (χ1n) is 8.37. The number of sulfonamides is 1. The highest BCUT2D eigenvalue weighted by molar-refractivity contribution is 7.89. The van der Waals surface area contributed by atoms with Gasteiger partial charge >= 0.3 is 0 Å². The van der Waals surface area contributed by atoms with Crippen molar-refractivity contribution in [1.82, 2.24) is 9.29 Å². The van der Waals surface area contributed by atoms with Gasteiger partial charge in [0.05, 0.1) is 10.5 Å². The third-order valence-corrected chi connectivity index (χ3v) is 6.54. The molecule has 0 spiro atoms. The van der Waals surface area contributed by atoms with Gasteiger partial charge in [0, 0.05) is 36.2 Å². The van der Waals surface area contributed by atoms with Gasteiger partial charge in [-0.3, -0.25) is 4.79 Å². The fraction of sp³-hybridized carbons (Fsp3) is 0.278. The van der Waals surface area contributed by atoms with Crippen LogP contribution in [-0.4, -0.2) is 36.7 Å². The zero-order chi connectivity index (χ0) is 17.4. The summed E-state index contributed by atoms with van der Waals surface area (Å²) in [6.07, 6.45) is 6.36. The minimum atomic E-state index is -3.53.